The highest BCUT2D eigenvalue weighted by molar-refractivity contribution is 7.97. The maximum absolute atomic E-state index is 5.88. The highest BCUT2D eigenvalue weighted by Crippen LogP contribution is 2.30. The summed E-state index contributed by atoms with van der Waals surface area (Å²) in [5.41, 5.74) is 0. The number of hydrogen-bond acceptors (Lipinski definition) is 2. The second-order valence-corrected chi connectivity index (χ2v) is 3.70. The minimum absolute atomic E-state index is 0.590. The number of benzene rings is 1. The van der Waals surface area contributed by atoms with Crippen molar-refractivity contribution in [2.24, 2.45) is 0 Å². The Morgan fingerprint density at radius 2 is 2.09 bits per heavy atom. The fourth-order valence-electron chi connectivity index (χ4n) is 0.673. The van der Waals surface area contributed by atoms with Gasteiger partial charge in [0, 0.05) is 4.90 Å². The predicted molar refractivity (Wildman–Crippen MR) is 51.4 cm³/mol. The van der Waals surface area contributed by atoms with Gasteiger partial charge in [0.15, 0.2) is 0 Å². The molecule has 1 aromatic rings. The summed E-state index contributed by atoms with van der Waals surface area (Å²) in [5, 5.41) is 1.19. The summed E-state index contributed by atoms with van der Waals surface area (Å²) in [7, 11) is 1.84. The zero-order chi connectivity index (χ0) is 8.27. The smallest absolute Gasteiger partial charge is 0.0741 e. The average Bonchev–Trinajstić information content (AvgIpc) is 1.99. The molecule has 1 aromatic carbocycles. The van der Waals surface area contributed by atoms with Gasteiger partial charge in [-0.2, -0.15) is 0 Å². The third-order valence-corrected chi connectivity index (χ3v) is 2.82. The van der Waals surface area contributed by atoms with Crippen molar-refractivity contribution >= 4 is 35.1 Å². The van der Waals surface area contributed by atoms with E-state index in [1.807, 2.05) is 19.2 Å². The Morgan fingerprint density at radius 3 is 2.73 bits per heavy atom. The highest BCUT2D eigenvalue weighted by Gasteiger charge is 2.02. The molecule has 0 amide bonds. The van der Waals surface area contributed by atoms with Crippen LogP contribution in [0.4, 0.5) is 0 Å². The topological polar surface area (TPSA) is 12.0 Å². The van der Waals surface area contributed by atoms with Crippen LogP contribution in [0.1, 0.15) is 0 Å². The van der Waals surface area contributed by atoms with Crippen LogP contribution in [0.15, 0.2) is 23.1 Å². The van der Waals surface area contributed by atoms with Crippen LogP contribution in [0.2, 0.25) is 10.0 Å². The first-order valence-electron chi connectivity index (χ1n) is 3.03. The van der Waals surface area contributed by atoms with Gasteiger partial charge in [0.25, 0.3) is 0 Å². The molecule has 0 unspecified atom stereocenters. The molecule has 0 aliphatic carbocycles. The Labute approximate surface area is 80.2 Å². The molecule has 0 bridgehead atoms. The third-order valence-electron chi connectivity index (χ3n) is 1.13. The maximum atomic E-state index is 5.88. The molecule has 0 fully saturated rings. The first-order valence-corrected chi connectivity index (χ1v) is 4.60. The average molecular weight is 208 g/mol. The van der Waals surface area contributed by atoms with E-state index in [4.69, 9.17) is 23.2 Å². The molecule has 0 saturated carbocycles. The van der Waals surface area contributed by atoms with Crippen molar-refractivity contribution < 1.29 is 0 Å². The molecule has 0 radical (unpaired) electrons. The van der Waals surface area contributed by atoms with E-state index in [2.05, 4.69) is 4.72 Å². The molecule has 0 aliphatic rings. The van der Waals surface area contributed by atoms with E-state index in [1.54, 1.807) is 6.07 Å². The van der Waals surface area contributed by atoms with Crippen molar-refractivity contribution in [3.05, 3.63) is 28.2 Å². The SMILES string of the molecule is CNSc1cccc(Cl)c1Cl. The molecule has 0 aliphatic heterocycles. The molecule has 0 atom stereocenters. The molecule has 60 valence electrons. The van der Waals surface area contributed by atoms with Crippen LogP contribution in [0.3, 0.4) is 0 Å². The van der Waals surface area contributed by atoms with Gasteiger partial charge in [-0.15, -0.1) is 0 Å². The number of halogens is 2. The van der Waals surface area contributed by atoms with Crippen LogP contribution in [-0.4, -0.2) is 7.05 Å². The lowest BCUT2D eigenvalue weighted by Gasteiger charge is -2.02. The van der Waals surface area contributed by atoms with Gasteiger partial charge < -0.3 is 0 Å². The quantitative estimate of drug-likeness (QED) is 0.749. The molecule has 1 nitrogen and oxygen atoms in total. The molecule has 0 heterocycles. The third kappa shape index (κ3) is 2.27. The zero-order valence-electron chi connectivity index (χ0n) is 5.90. The van der Waals surface area contributed by atoms with E-state index < -0.39 is 0 Å². The van der Waals surface area contributed by atoms with Gasteiger partial charge >= 0.3 is 0 Å². The van der Waals surface area contributed by atoms with E-state index in [9.17, 15) is 0 Å². The summed E-state index contributed by atoms with van der Waals surface area (Å²) >= 11 is 13.1. The van der Waals surface area contributed by atoms with Crippen molar-refractivity contribution in [3.8, 4) is 0 Å². The van der Waals surface area contributed by atoms with Crippen LogP contribution in [0.5, 0.6) is 0 Å². The normalized spacial score (nSPS) is 10.1. The minimum Gasteiger partial charge on any atom is -0.263 e. The minimum atomic E-state index is 0.590. The lowest BCUT2D eigenvalue weighted by Crippen LogP contribution is -1.90. The Kier molecular flexibility index (Phi) is 3.52. The number of nitrogens with one attached hydrogen (secondary N) is 1. The first-order chi connectivity index (χ1) is 5.25. The Balaban J connectivity index is 2.96. The molecule has 4 heteroatoms. The largest absolute Gasteiger partial charge is 0.263 e. The Morgan fingerprint density at radius 1 is 1.36 bits per heavy atom. The summed E-state index contributed by atoms with van der Waals surface area (Å²) in [6.45, 7) is 0. The second kappa shape index (κ2) is 4.21. The Bertz CT molecular complexity index is 252. The molecule has 1 N–H and O–H groups in total. The van der Waals surface area contributed by atoms with E-state index in [0.717, 1.165) is 4.90 Å². The standard InChI is InChI=1S/C7H7Cl2NS/c1-10-11-6-4-2-3-5(8)7(6)9/h2-4,10H,1H3. The summed E-state index contributed by atoms with van der Waals surface area (Å²) in [6.07, 6.45) is 0. The van der Waals surface area contributed by atoms with Gasteiger partial charge in [0.2, 0.25) is 0 Å². The summed E-state index contributed by atoms with van der Waals surface area (Å²) < 4.78 is 2.93. The maximum Gasteiger partial charge on any atom is 0.0741 e. The summed E-state index contributed by atoms with van der Waals surface area (Å²) in [6, 6.07) is 5.55. The van der Waals surface area contributed by atoms with Crippen molar-refractivity contribution in [1.82, 2.24) is 4.72 Å². The molecule has 0 spiro atoms. The van der Waals surface area contributed by atoms with Gasteiger partial charge in [-0.25, -0.2) is 0 Å². The van der Waals surface area contributed by atoms with Gasteiger partial charge in [-0.1, -0.05) is 29.3 Å². The van der Waals surface area contributed by atoms with Gasteiger partial charge in [-0.3, -0.25) is 4.72 Å². The summed E-state index contributed by atoms with van der Waals surface area (Å²) in [4.78, 5) is 0.946. The van der Waals surface area contributed by atoms with Crippen LogP contribution < -0.4 is 4.72 Å². The zero-order valence-corrected chi connectivity index (χ0v) is 8.22. The monoisotopic (exact) mass is 207 g/mol. The number of rotatable bonds is 2. The molecular formula is C7H7Cl2NS. The second-order valence-electron chi connectivity index (χ2n) is 1.86. The van der Waals surface area contributed by atoms with Crippen LogP contribution in [-0.2, 0) is 0 Å². The van der Waals surface area contributed by atoms with Gasteiger partial charge in [0.05, 0.1) is 10.0 Å². The van der Waals surface area contributed by atoms with E-state index in [0.29, 0.717) is 10.0 Å². The fourth-order valence-corrected chi connectivity index (χ4v) is 1.71. The van der Waals surface area contributed by atoms with Crippen LogP contribution in [0, 0.1) is 0 Å². The van der Waals surface area contributed by atoms with Crippen molar-refractivity contribution in [2.45, 2.75) is 4.90 Å². The first kappa shape index (κ1) is 9.20. The van der Waals surface area contributed by atoms with E-state index in [1.165, 1.54) is 11.9 Å². The lowest BCUT2D eigenvalue weighted by atomic mass is 10.4. The molecule has 0 aromatic heterocycles. The molecular weight excluding hydrogens is 201 g/mol. The van der Waals surface area contributed by atoms with Crippen molar-refractivity contribution in [1.29, 1.82) is 0 Å². The molecule has 11 heavy (non-hydrogen) atoms. The van der Waals surface area contributed by atoms with Gasteiger partial charge in [-0.05, 0) is 31.1 Å². The molecule has 0 saturated heterocycles. The summed E-state index contributed by atoms with van der Waals surface area (Å²) in [5.74, 6) is 0. The predicted octanol–water partition coefficient (Wildman–Crippen LogP) is 3.22. The van der Waals surface area contributed by atoms with Crippen LogP contribution >= 0.6 is 35.1 Å². The molecule has 1 rings (SSSR count). The van der Waals surface area contributed by atoms with E-state index >= 15 is 0 Å². The van der Waals surface area contributed by atoms with Crippen molar-refractivity contribution in [3.63, 3.8) is 0 Å². The van der Waals surface area contributed by atoms with Crippen molar-refractivity contribution in [2.75, 3.05) is 7.05 Å². The fraction of sp³-hybridized carbons (Fsp3) is 0.143. The van der Waals surface area contributed by atoms with E-state index in [-0.39, 0.29) is 0 Å². The lowest BCUT2D eigenvalue weighted by molar-refractivity contribution is 1.28. The van der Waals surface area contributed by atoms with Gasteiger partial charge in [0.1, 0.15) is 0 Å². The highest BCUT2D eigenvalue weighted by atomic mass is 35.5. The Hall–Kier alpha value is 0.110. The van der Waals surface area contributed by atoms with Crippen LogP contribution in [0.25, 0.3) is 0 Å². The number of hydrogen-bond donors (Lipinski definition) is 1.